The molecule has 0 fully saturated rings. The number of phenolic OH excluding ortho intramolecular Hbond substituents is 1. The van der Waals surface area contributed by atoms with Crippen LogP contribution in [0.25, 0.3) is 33.0 Å². The van der Waals surface area contributed by atoms with Crippen molar-refractivity contribution in [2.45, 2.75) is 25.3 Å². The molecule has 0 aliphatic carbocycles. The maximum absolute atomic E-state index is 13.7. The summed E-state index contributed by atoms with van der Waals surface area (Å²) in [4.78, 5) is 39.5. The third-order valence-corrected chi connectivity index (χ3v) is 7.28. The molecule has 8 heteroatoms. The van der Waals surface area contributed by atoms with E-state index in [0.717, 1.165) is 16.5 Å². The summed E-state index contributed by atoms with van der Waals surface area (Å²) in [5.41, 5.74) is 1.43. The largest absolute Gasteiger partial charge is 0.508 e. The van der Waals surface area contributed by atoms with Crippen LogP contribution in [0.3, 0.4) is 0 Å². The Balaban J connectivity index is 1.65. The number of methoxy groups -OCH3 is 1. The van der Waals surface area contributed by atoms with Crippen LogP contribution in [-0.2, 0) is 22.5 Å². The number of pyridine rings is 1. The molecular formula is C30H23NO7. The van der Waals surface area contributed by atoms with Crippen LogP contribution in [0.1, 0.15) is 29.0 Å². The van der Waals surface area contributed by atoms with Crippen molar-refractivity contribution in [3.05, 3.63) is 104 Å². The average molecular weight is 510 g/mol. The molecular weight excluding hydrogens is 486 g/mol. The molecule has 38 heavy (non-hydrogen) atoms. The van der Waals surface area contributed by atoms with Gasteiger partial charge in [-0.1, -0.05) is 48.5 Å². The molecule has 190 valence electrons. The Morgan fingerprint density at radius 1 is 1.05 bits per heavy atom. The zero-order valence-corrected chi connectivity index (χ0v) is 20.4. The molecule has 3 aromatic carbocycles. The van der Waals surface area contributed by atoms with Gasteiger partial charge in [0, 0.05) is 23.6 Å². The molecule has 1 aliphatic rings. The van der Waals surface area contributed by atoms with E-state index >= 15 is 0 Å². The Bertz CT molecular complexity index is 1870. The first-order valence-corrected chi connectivity index (χ1v) is 12.2. The minimum absolute atomic E-state index is 0.0225. The third-order valence-electron chi connectivity index (χ3n) is 7.28. The van der Waals surface area contributed by atoms with Crippen molar-refractivity contribution in [1.82, 2.24) is 4.57 Å². The van der Waals surface area contributed by atoms with E-state index in [4.69, 9.17) is 9.15 Å². The summed E-state index contributed by atoms with van der Waals surface area (Å²) in [5.74, 6) is -2.23. The lowest BCUT2D eigenvalue weighted by Crippen LogP contribution is -2.26. The number of aryl methyl sites for hydroxylation is 2. The second kappa shape index (κ2) is 8.92. The van der Waals surface area contributed by atoms with Crippen molar-refractivity contribution >= 4 is 27.8 Å². The minimum atomic E-state index is -1.01. The number of esters is 1. The number of hydrogen-bond donors (Lipinski definition) is 2. The molecule has 0 saturated carbocycles. The van der Waals surface area contributed by atoms with E-state index < -0.39 is 17.5 Å². The standard InChI is InChI=1S/C30H23NO7/c1-37-23(33)15-20(21-14-18-9-5-8-17-12-13-31(26(17)18)29(21)35)25-22(32)11-10-19-27(34)24(30(36)38-28(19)25)16-6-3-2-4-7-16/h2-11,14,20,32,34H,12-13,15H2,1H3. The fourth-order valence-corrected chi connectivity index (χ4v) is 5.51. The molecule has 3 heterocycles. The van der Waals surface area contributed by atoms with Gasteiger partial charge in [-0.3, -0.25) is 9.59 Å². The second-order valence-corrected chi connectivity index (χ2v) is 9.35. The SMILES string of the molecule is COC(=O)CC(c1cc2cccc3c2n(c1=O)CC3)c1c(O)ccc2c(O)c(-c3ccccc3)c(=O)oc12. The first-order valence-electron chi connectivity index (χ1n) is 12.2. The first kappa shape index (κ1) is 23.5. The van der Waals surface area contributed by atoms with Crippen molar-refractivity contribution in [1.29, 1.82) is 0 Å². The van der Waals surface area contributed by atoms with Crippen LogP contribution >= 0.6 is 0 Å². The van der Waals surface area contributed by atoms with E-state index in [0.29, 0.717) is 18.5 Å². The van der Waals surface area contributed by atoms with E-state index in [1.54, 1.807) is 41.0 Å². The van der Waals surface area contributed by atoms with Crippen molar-refractivity contribution in [2.24, 2.45) is 0 Å². The maximum atomic E-state index is 13.7. The van der Waals surface area contributed by atoms with Crippen molar-refractivity contribution in [3.63, 3.8) is 0 Å². The number of rotatable bonds is 5. The van der Waals surface area contributed by atoms with Gasteiger partial charge in [0.1, 0.15) is 22.6 Å². The van der Waals surface area contributed by atoms with E-state index in [1.807, 2.05) is 18.2 Å². The quantitative estimate of drug-likeness (QED) is 0.266. The minimum Gasteiger partial charge on any atom is -0.508 e. The van der Waals surface area contributed by atoms with E-state index in [2.05, 4.69) is 0 Å². The number of para-hydroxylation sites is 1. The number of nitrogens with zero attached hydrogens (tertiary/aromatic N) is 1. The molecule has 2 aromatic heterocycles. The lowest BCUT2D eigenvalue weighted by atomic mass is 9.86. The van der Waals surface area contributed by atoms with Crippen LogP contribution in [0.15, 0.2) is 80.7 Å². The van der Waals surface area contributed by atoms with Crippen molar-refractivity contribution < 1.29 is 24.2 Å². The summed E-state index contributed by atoms with van der Waals surface area (Å²) < 4.78 is 12.3. The summed E-state index contributed by atoms with van der Waals surface area (Å²) in [6.07, 6.45) is 0.413. The topological polar surface area (TPSA) is 119 Å². The highest BCUT2D eigenvalue weighted by Gasteiger charge is 2.31. The van der Waals surface area contributed by atoms with E-state index in [-0.39, 0.29) is 51.1 Å². The summed E-state index contributed by atoms with van der Waals surface area (Å²) in [7, 11) is 1.24. The Kier molecular flexibility index (Phi) is 5.52. The van der Waals surface area contributed by atoms with E-state index in [1.165, 1.54) is 19.2 Å². The number of ether oxygens (including phenoxy) is 1. The van der Waals surface area contributed by atoms with Gasteiger partial charge in [-0.05, 0) is 41.1 Å². The van der Waals surface area contributed by atoms with Gasteiger partial charge >= 0.3 is 11.6 Å². The zero-order chi connectivity index (χ0) is 26.6. The Morgan fingerprint density at radius 3 is 2.61 bits per heavy atom. The summed E-state index contributed by atoms with van der Waals surface area (Å²) in [6, 6.07) is 18.9. The fourth-order valence-electron chi connectivity index (χ4n) is 5.51. The number of aromatic nitrogens is 1. The summed E-state index contributed by atoms with van der Waals surface area (Å²) in [6.45, 7) is 0.491. The van der Waals surface area contributed by atoms with Crippen LogP contribution in [0.5, 0.6) is 11.5 Å². The van der Waals surface area contributed by atoms with Gasteiger partial charge in [-0.2, -0.15) is 0 Å². The van der Waals surface area contributed by atoms with Gasteiger partial charge in [-0.15, -0.1) is 0 Å². The molecule has 5 aromatic rings. The van der Waals surface area contributed by atoms with Crippen LogP contribution in [0.4, 0.5) is 0 Å². The van der Waals surface area contributed by atoms with Gasteiger partial charge < -0.3 is 23.9 Å². The highest BCUT2D eigenvalue weighted by molar-refractivity contribution is 5.94. The molecule has 1 atom stereocenters. The van der Waals surface area contributed by atoms with Crippen LogP contribution < -0.4 is 11.2 Å². The Morgan fingerprint density at radius 2 is 1.84 bits per heavy atom. The van der Waals surface area contributed by atoms with Gasteiger partial charge in [0.2, 0.25) is 0 Å². The predicted octanol–water partition coefficient (Wildman–Crippen LogP) is 4.44. The first-order chi connectivity index (χ1) is 18.4. The lowest BCUT2D eigenvalue weighted by Gasteiger charge is -2.20. The number of hydrogen-bond acceptors (Lipinski definition) is 7. The van der Waals surface area contributed by atoms with Gasteiger partial charge in [0.05, 0.1) is 24.4 Å². The van der Waals surface area contributed by atoms with Crippen LogP contribution in [-0.4, -0.2) is 27.9 Å². The molecule has 1 aliphatic heterocycles. The number of benzene rings is 3. The van der Waals surface area contributed by atoms with Gasteiger partial charge in [0.25, 0.3) is 5.56 Å². The molecule has 0 bridgehead atoms. The maximum Gasteiger partial charge on any atom is 0.347 e. The van der Waals surface area contributed by atoms with Gasteiger partial charge in [-0.25, -0.2) is 4.79 Å². The van der Waals surface area contributed by atoms with Gasteiger partial charge in [0.15, 0.2) is 0 Å². The monoisotopic (exact) mass is 509 g/mol. The third kappa shape index (κ3) is 3.56. The Hall–Kier alpha value is -4.85. The van der Waals surface area contributed by atoms with Crippen LogP contribution in [0, 0.1) is 0 Å². The lowest BCUT2D eigenvalue weighted by molar-refractivity contribution is -0.140. The molecule has 6 rings (SSSR count). The number of phenols is 1. The van der Waals surface area contributed by atoms with Crippen molar-refractivity contribution in [2.75, 3.05) is 7.11 Å². The Labute approximate surface area is 216 Å². The summed E-state index contributed by atoms with van der Waals surface area (Å²) >= 11 is 0. The molecule has 0 saturated heterocycles. The number of carbonyl (C=O) groups excluding carboxylic acids is 1. The number of carbonyl (C=O) groups is 1. The summed E-state index contributed by atoms with van der Waals surface area (Å²) in [5, 5.41) is 23.2. The molecule has 0 spiro atoms. The normalized spacial score (nSPS) is 13.2. The average Bonchev–Trinajstić information content (AvgIpc) is 3.36. The molecule has 1 unspecified atom stereocenters. The predicted molar refractivity (Wildman–Crippen MR) is 142 cm³/mol. The van der Waals surface area contributed by atoms with E-state index in [9.17, 15) is 24.6 Å². The zero-order valence-electron chi connectivity index (χ0n) is 20.4. The van der Waals surface area contributed by atoms with Crippen LogP contribution in [0.2, 0.25) is 0 Å². The number of aromatic hydroxyl groups is 2. The molecule has 2 N–H and O–H groups in total. The smallest absolute Gasteiger partial charge is 0.347 e. The number of fused-ring (bicyclic) bond motifs is 1. The second-order valence-electron chi connectivity index (χ2n) is 9.35. The molecule has 0 amide bonds. The highest BCUT2D eigenvalue weighted by Crippen LogP contribution is 2.43. The fraction of sp³-hybridized carbons (Fsp3) is 0.167. The molecule has 0 radical (unpaired) electrons. The van der Waals surface area contributed by atoms with Crippen molar-refractivity contribution in [3.8, 4) is 22.6 Å². The molecule has 8 nitrogen and oxygen atoms in total. The highest BCUT2D eigenvalue weighted by atomic mass is 16.5.